The molecule has 0 heterocycles. The first-order valence-electron chi connectivity index (χ1n) is 16.8. The van der Waals surface area contributed by atoms with Crippen LogP contribution in [-0.4, -0.2) is 0 Å². The highest BCUT2D eigenvalue weighted by Crippen LogP contribution is 2.45. The summed E-state index contributed by atoms with van der Waals surface area (Å²) in [6.45, 7) is 0. The van der Waals surface area contributed by atoms with Gasteiger partial charge in [-0.15, -0.1) is 0 Å². The van der Waals surface area contributed by atoms with Crippen LogP contribution in [0.15, 0.2) is 170 Å². The van der Waals surface area contributed by atoms with Gasteiger partial charge in [0.1, 0.15) is 0 Å². The molecule has 0 nitrogen and oxygen atoms in total. The van der Waals surface area contributed by atoms with Gasteiger partial charge < -0.3 is 0 Å². The number of benzene rings is 6. The lowest BCUT2D eigenvalue weighted by atomic mass is 9.67. The molecule has 0 bridgehead atoms. The molecule has 0 unspecified atom stereocenters. The Morgan fingerprint density at radius 1 is 0.348 bits per heavy atom. The lowest BCUT2D eigenvalue weighted by molar-refractivity contribution is 0.187. The zero-order valence-corrected chi connectivity index (χ0v) is 28.3. The first kappa shape index (κ1) is 30.8. The first-order valence-corrected chi connectivity index (χ1v) is 19.4. The van der Waals surface area contributed by atoms with Crippen LogP contribution in [0.5, 0.6) is 0 Å². The molecule has 1 saturated carbocycles. The summed E-state index contributed by atoms with van der Waals surface area (Å²) in [7, 11) is -1.30. The van der Waals surface area contributed by atoms with Gasteiger partial charge >= 0.3 is 0 Å². The minimum absolute atomic E-state index is 0.243. The van der Waals surface area contributed by atoms with E-state index in [2.05, 4.69) is 170 Å². The van der Waals surface area contributed by atoms with Gasteiger partial charge in [-0.05, 0) is 89.9 Å². The van der Waals surface area contributed by atoms with Gasteiger partial charge in [-0.25, -0.2) is 0 Å². The number of rotatable bonds is 10. The quantitative estimate of drug-likeness (QED) is 0.132. The fourth-order valence-corrected chi connectivity index (χ4v) is 12.4. The Morgan fingerprint density at radius 2 is 0.652 bits per heavy atom. The van der Waals surface area contributed by atoms with E-state index < -0.39 is 15.8 Å². The second-order valence-electron chi connectivity index (χ2n) is 12.7. The SMILES string of the molecule is c1ccc(P(c2ccccc2)c2ccccc2CC2(Cc3ccccc3P(c3ccccc3)c3ccccc3)CCCCC2)cc1. The minimum Gasteiger partial charge on any atom is -0.0622 e. The van der Waals surface area contributed by atoms with Crippen molar-refractivity contribution in [3.05, 3.63) is 181 Å². The summed E-state index contributed by atoms with van der Waals surface area (Å²) in [5.41, 5.74) is 3.32. The highest BCUT2D eigenvalue weighted by Gasteiger charge is 2.35. The molecule has 0 saturated heterocycles. The van der Waals surface area contributed by atoms with Crippen LogP contribution in [-0.2, 0) is 12.8 Å². The molecule has 2 heteroatoms. The summed E-state index contributed by atoms with van der Waals surface area (Å²) in [6.07, 6.45) is 8.84. The summed E-state index contributed by atoms with van der Waals surface area (Å²) < 4.78 is 0. The molecular formula is C44H42P2. The Morgan fingerprint density at radius 3 is 1.00 bits per heavy atom. The Balaban J connectivity index is 1.30. The van der Waals surface area contributed by atoms with E-state index in [1.807, 2.05) is 0 Å². The highest BCUT2D eigenvalue weighted by atomic mass is 31.1. The van der Waals surface area contributed by atoms with Crippen LogP contribution < -0.4 is 31.8 Å². The van der Waals surface area contributed by atoms with Crippen molar-refractivity contribution < 1.29 is 0 Å². The van der Waals surface area contributed by atoms with E-state index in [-0.39, 0.29) is 5.41 Å². The molecule has 228 valence electrons. The van der Waals surface area contributed by atoms with Gasteiger partial charge in [0, 0.05) is 0 Å². The molecule has 6 aromatic rings. The molecule has 7 rings (SSSR count). The van der Waals surface area contributed by atoms with Crippen molar-refractivity contribution in [1.82, 2.24) is 0 Å². The fourth-order valence-electron chi connectivity index (χ4n) is 7.45. The molecule has 1 aliphatic carbocycles. The van der Waals surface area contributed by atoms with Gasteiger partial charge in [-0.2, -0.15) is 0 Å². The second-order valence-corrected chi connectivity index (χ2v) is 17.1. The second kappa shape index (κ2) is 14.7. The Bertz CT molecular complexity index is 1600. The van der Waals surface area contributed by atoms with Crippen molar-refractivity contribution >= 4 is 47.7 Å². The summed E-state index contributed by atoms with van der Waals surface area (Å²) in [4.78, 5) is 0. The van der Waals surface area contributed by atoms with E-state index in [4.69, 9.17) is 0 Å². The molecular weight excluding hydrogens is 590 g/mol. The van der Waals surface area contributed by atoms with E-state index in [9.17, 15) is 0 Å². The van der Waals surface area contributed by atoms with E-state index >= 15 is 0 Å². The van der Waals surface area contributed by atoms with Crippen molar-refractivity contribution in [2.75, 3.05) is 0 Å². The molecule has 1 aliphatic rings. The van der Waals surface area contributed by atoms with Gasteiger partial charge in [-0.1, -0.05) is 189 Å². The predicted octanol–water partition coefficient (Wildman–Crippen LogP) is 8.94. The van der Waals surface area contributed by atoms with E-state index in [0.29, 0.717) is 0 Å². The predicted molar refractivity (Wildman–Crippen MR) is 203 cm³/mol. The lowest BCUT2D eigenvalue weighted by Crippen LogP contribution is -2.34. The van der Waals surface area contributed by atoms with Crippen LogP contribution in [0.1, 0.15) is 43.2 Å². The van der Waals surface area contributed by atoms with E-state index in [1.165, 1.54) is 75.1 Å². The Labute approximate surface area is 278 Å². The smallest absolute Gasteiger partial charge is 0.0119 e. The first-order chi connectivity index (χ1) is 22.8. The van der Waals surface area contributed by atoms with Crippen molar-refractivity contribution in [3.63, 3.8) is 0 Å². The van der Waals surface area contributed by atoms with Crippen LogP contribution in [0.25, 0.3) is 0 Å². The molecule has 0 aliphatic heterocycles. The summed E-state index contributed by atoms with van der Waals surface area (Å²) in [5, 5.41) is 8.74. The van der Waals surface area contributed by atoms with Gasteiger partial charge in [0.05, 0.1) is 0 Å². The van der Waals surface area contributed by atoms with Crippen LogP contribution in [0.3, 0.4) is 0 Å². The molecule has 0 atom stereocenters. The van der Waals surface area contributed by atoms with Crippen molar-refractivity contribution in [3.8, 4) is 0 Å². The van der Waals surface area contributed by atoms with E-state index in [0.717, 1.165) is 12.8 Å². The average Bonchev–Trinajstić information content (AvgIpc) is 3.12. The Kier molecular flexibility index (Phi) is 9.87. The molecule has 1 fully saturated rings. The summed E-state index contributed by atoms with van der Waals surface area (Å²) >= 11 is 0. The van der Waals surface area contributed by atoms with Gasteiger partial charge in [0.15, 0.2) is 0 Å². The van der Waals surface area contributed by atoms with Gasteiger partial charge in [0.2, 0.25) is 0 Å². The summed E-state index contributed by atoms with van der Waals surface area (Å²) in [5.74, 6) is 0. The molecule has 0 radical (unpaired) electrons. The molecule has 6 aromatic carbocycles. The van der Waals surface area contributed by atoms with Crippen LogP contribution in [0.2, 0.25) is 0 Å². The normalized spacial score (nSPS) is 14.4. The van der Waals surface area contributed by atoms with Crippen molar-refractivity contribution in [2.45, 2.75) is 44.9 Å². The zero-order chi connectivity index (χ0) is 31.0. The highest BCUT2D eigenvalue weighted by molar-refractivity contribution is 7.80. The van der Waals surface area contributed by atoms with Crippen LogP contribution in [0, 0.1) is 5.41 Å². The largest absolute Gasteiger partial charge is 0.0622 e. The van der Waals surface area contributed by atoms with Crippen molar-refractivity contribution in [2.24, 2.45) is 5.41 Å². The maximum absolute atomic E-state index is 2.44. The van der Waals surface area contributed by atoms with Crippen LogP contribution in [0.4, 0.5) is 0 Å². The average molecular weight is 633 g/mol. The third-order valence-corrected chi connectivity index (χ3v) is 14.7. The Hall–Kier alpha value is -3.82. The number of hydrogen-bond donors (Lipinski definition) is 0. The standard InChI is InChI=1S/C44H42P2/c1-6-22-38(23-7-1)45(39-24-8-2-9-25-39)42-30-16-14-20-36(42)34-44(32-18-5-19-33-44)35-37-21-15-17-31-43(37)46(40-26-10-3-11-27-40)41-28-12-4-13-29-41/h1-4,6-17,20-31H,5,18-19,32-35H2. The number of hydrogen-bond acceptors (Lipinski definition) is 0. The molecule has 0 amide bonds. The summed E-state index contributed by atoms with van der Waals surface area (Å²) in [6, 6.07) is 63.6. The monoisotopic (exact) mass is 632 g/mol. The van der Waals surface area contributed by atoms with Gasteiger partial charge in [-0.3, -0.25) is 0 Å². The van der Waals surface area contributed by atoms with Crippen LogP contribution >= 0.6 is 15.8 Å². The maximum Gasteiger partial charge on any atom is -0.0119 e. The molecule has 0 N–H and O–H groups in total. The lowest BCUT2D eigenvalue weighted by Gasteiger charge is -2.40. The fraction of sp³-hybridized carbons (Fsp3) is 0.182. The third kappa shape index (κ3) is 6.95. The van der Waals surface area contributed by atoms with Crippen molar-refractivity contribution in [1.29, 1.82) is 0 Å². The molecule has 46 heavy (non-hydrogen) atoms. The van der Waals surface area contributed by atoms with E-state index in [1.54, 1.807) is 0 Å². The minimum atomic E-state index is -0.649. The maximum atomic E-state index is 2.44. The zero-order valence-electron chi connectivity index (χ0n) is 26.5. The molecule has 0 spiro atoms. The van der Waals surface area contributed by atoms with Gasteiger partial charge in [0.25, 0.3) is 0 Å². The molecule has 0 aromatic heterocycles. The topological polar surface area (TPSA) is 0 Å². The third-order valence-electron chi connectivity index (χ3n) is 9.57.